The van der Waals surface area contributed by atoms with Crippen molar-refractivity contribution < 1.29 is 0 Å². The van der Waals surface area contributed by atoms with Gasteiger partial charge in [-0.2, -0.15) is 11.8 Å². The Morgan fingerprint density at radius 3 is 3.00 bits per heavy atom. The largest absolute Gasteiger partial charge is 0.319 e. The summed E-state index contributed by atoms with van der Waals surface area (Å²) in [7, 11) is 2.02. The fourth-order valence-electron chi connectivity index (χ4n) is 2.20. The van der Waals surface area contributed by atoms with E-state index in [1.807, 2.05) is 7.05 Å². The van der Waals surface area contributed by atoms with Gasteiger partial charge < -0.3 is 5.32 Å². The van der Waals surface area contributed by atoms with E-state index in [1.54, 1.807) is 11.1 Å². The summed E-state index contributed by atoms with van der Waals surface area (Å²) < 4.78 is 0. The third-order valence-corrected chi connectivity index (χ3v) is 4.23. The molecule has 0 bridgehead atoms. The summed E-state index contributed by atoms with van der Waals surface area (Å²) in [6.45, 7) is 1.08. The monoisotopic (exact) mass is 221 g/mol. The van der Waals surface area contributed by atoms with Crippen molar-refractivity contribution in [2.75, 3.05) is 25.1 Å². The van der Waals surface area contributed by atoms with Gasteiger partial charge >= 0.3 is 0 Å². The first-order chi connectivity index (χ1) is 7.42. The molecule has 1 atom stereocenters. The van der Waals surface area contributed by atoms with Crippen LogP contribution in [0.2, 0.25) is 0 Å². The standard InChI is InChI=1S/C13H19NS/c1-14-8-6-11-4-2-3-5-13(11)12-7-9-15-10-12/h2-5,12,14H,6-10H2,1H3. The van der Waals surface area contributed by atoms with Crippen LogP contribution in [0.4, 0.5) is 0 Å². The Morgan fingerprint density at radius 2 is 2.27 bits per heavy atom. The van der Waals surface area contributed by atoms with Crippen molar-refractivity contribution in [2.45, 2.75) is 18.8 Å². The lowest BCUT2D eigenvalue weighted by Crippen LogP contribution is -2.12. The van der Waals surface area contributed by atoms with Crippen LogP contribution >= 0.6 is 11.8 Å². The van der Waals surface area contributed by atoms with Crippen LogP contribution in [0, 0.1) is 0 Å². The Labute approximate surface area is 96.7 Å². The molecule has 1 saturated heterocycles. The van der Waals surface area contributed by atoms with E-state index in [2.05, 4.69) is 41.3 Å². The summed E-state index contributed by atoms with van der Waals surface area (Å²) in [5, 5.41) is 3.23. The van der Waals surface area contributed by atoms with Gasteiger partial charge in [0.15, 0.2) is 0 Å². The third kappa shape index (κ3) is 2.76. The molecule has 1 aromatic rings. The molecular formula is C13H19NS. The third-order valence-electron chi connectivity index (χ3n) is 3.07. The minimum absolute atomic E-state index is 0.808. The zero-order valence-electron chi connectivity index (χ0n) is 9.33. The van der Waals surface area contributed by atoms with Gasteiger partial charge in [-0.15, -0.1) is 0 Å². The van der Waals surface area contributed by atoms with Crippen molar-refractivity contribution in [3.63, 3.8) is 0 Å². The van der Waals surface area contributed by atoms with E-state index in [0.717, 1.165) is 18.9 Å². The molecule has 0 aliphatic carbocycles. The lowest BCUT2D eigenvalue weighted by molar-refractivity contribution is 0.742. The van der Waals surface area contributed by atoms with Crippen LogP contribution in [-0.4, -0.2) is 25.1 Å². The maximum atomic E-state index is 3.23. The molecule has 1 heterocycles. The van der Waals surface area contributed by atoms with Gasteiger partial charge in [-0.05, 0) is 49.2 Å². The number of benzene rings is 1. The topological polar surface area (TPSA) is 12.0 Å². The minimum atomic E-state index is 0.808. The van der Waals surface area contributed by atoms with Crippen LogP contribution in [0.25, 0.3) is 0 Å². The van der Waals surface area contributed by atoms with E-state index < -0.39 is 0 Å². The predicted octanol–water partition coefficient (Wildman–Crippen LogP) is 2.67. The van der Waals surface area contributed by atoms with Gasteiger partial charge in [0, 0.05) is 5.75 Å². The molecule has 1 fully saturated rings. The summed E-state index contributed by atoms with van der Waals surface area (Å²) >= 11 is 2.09. The maximum absolute atomic E-state index is 3.23. The Kier molecular flexibility index (Phi) is 4.09. The Balaban J connectivity index is 2.13. The highest BCUT2D eigenvalue weighted by Crippen LogP contribution is 2.34. The molecule has 0 saturated carbocycles. The summed E-state index contributed by atoms with van der Waals surface area (Å²) in [6, 6.07) is 8.95. The van der Waals surface area contributed by atoms with Crippen molar-refractivity contribution in [1.29, 1.82) is 0 Å². The highest BCUT2D eigenvalue weighted by Gasteiger charge is 2.19. The molecule has 0 radical (unpaired) electrons. The minimum Gasteiger partial charge on any atom is -0.319 e. The highest BCUT2D eigenvalue weighted by molar-refractivity contribution is 7.99. The molecule has 2 heteroatoms. The highest BCUT2D eigenvalue weighted by atomic mass is 32.2. The Morgan fingerprint density at radius 1 is 1.40 bits per heavy atom. The van der Waals surface area contributed by atoms with Gasteiger partial charge in [-0.3, -0.25) is 0 Å². The van der Waals surface area contributed by atoms with E-state index in [9.17, 15) is 0 Å². The van der Waals surface area contributed by atoms with Crippen LogP contribution in [0.3, 0.4) is 0 Å². The second-order valence-corrected chi connectivity index (χ2v) is 5.26. The molecule has 2 rings (SSSR count). The quantitative estimate of drug-likeness (QED) is 0.839. The molecule has 0 spiro atoms. The SMILES string of the molecule is CNCCc1ccccc1C1CCSC1. The summed E-state index contributed by atoms with van der Waals surface area (Å²) in [5.41, 5.74) is 3.14. The van der Waals surface area contributed by atoms with Gasteiger partial charge in [-0.1, -0.05) is 24.3 Å². The van der Waals surface area contributed by atoms with Crippen LogP contribution in [-0.2, 0) is 6.42 Å². The van der Waals surface area contributed by atoms with Gasteiger partial charge in [0.25, 0.3) is 0 Å². The molecule has 1 nitrogen and oxygen atoms in total. The smallest absolute Gasteiger partial charge is 0.000187 e. The summed E-state index contributed by atoms with van der Waals surface area (Å²) in [5.74, 6) is 3.46. The van der Waals surface area contributed by atoms with Crippen LogP contribution in [0.1, 0.15) is 23.5 Å². The molecule has 0 aromatic heterocycles. The number of nitrogens with one attached hydrogen (secondary N) is 1. The fourth-order valence-corrected chi connectivity index (χ4v) is 3.45. The first-order valence-electron chi connectivity index (χ1n) is 5.72. The van der Waals surface area contributed by atoms with Gasteiger partial charge in [0.05, 0.1) is 0 Å². The van der Waals surface area contributed by atoms with E-state index in [4.69, 9.17) is 0 Å². The summed E-state index contributed by atoms with van der Waals surface area (Å²) in [4.78, 5) is 0. The van der Waals surface area contributed by atoms with E-state index in [1.165, 1.54) is 17.9 Å². The van der Waals surface area contributed by atoms with Crippen molar-refractivity contribution in [2.24, 2.45) is 0 Å². The van der Waals surface area contributed by atoms with E-state index >= 15 is 0 Å². The van der Waals surface area contributed by atoms with Gasteiger partial charge in [0.1, 0.15) is 0 Å². The number of hydrogen-bond donors (Lipinski definition) is 1. The zero-order chi connectivity index (χ0) is 10.5. The van der Waals surface area contributed by atoms with Crippen LogP contribution in [0.5, 0.6) is 0 Å². The zero-order valence-corrected chi connectivity index (χ0v) is 10.1. The fraction of sp³-hybridized carbons (Fsp3) is 0.538. The molecule has 1 aliphatic rings. The van der Waals surface area contributed by atoms with Crippen LogP contribution < -0.4 is 5.32 Å². The Hall–Kier alpha value is -0.470. The molecular weight excluding hydrogens is 202 g/mol. The molecule has 1 N–H and O–H groups in total. The van der Waals surface area contributed by atoms with Crippen molar-refractivity contribution in [1.82, 2.24) is 5.32 Å². The second kappa shape index (κ2) is 5.57. The number of likely N-dealkylation sites (N-methyl/N-ethyl adjacent to an activating group) is 1. The van der Waals surface area contributed by atoms with Crippen molar-refractivity contribution in [3.05, 3.63) is 35.4 Å². The summed E-state index contributed by atoms with van der Waals surface area (Å²) in [6.07, 6.45) is 2.52. The van der Waals surface area contributed by atoms with Gasteiger partial charge in [0.2, 0.25) is 0 Å². The number of rotatable bonds is 4. The maximum Gasteiger partial charge on any atom is 0.000187 e. The number of thioether (sulfide) groups is 1. The molecule has 0 amide bonds. The van der Waals surface area contributed by atoms with Crippen molar-refractivity contribution >= 4 is 11.8 Å². The van der Waals surface area contributed by atoms with E-state index in [0.29, 0.717) is 0 Å². The molecule has 82 valence electrons. The first-order valence-corrected chi connectivity index (χ1v) is 6.87. The second-order valence-electron chi connectivity index (χ2n) is 4.11. The lowest BCUT2D eigenvalue weighted by Gasteiger charge is -2.14. The average Bonchev–Trinajstić information content (AvgIpc) is 2.80. The predicted molar refractivity (Wildman–Crippen MR) is 68.8 cm³/mol. The van der Waals surface area contributed by atoms with Crippen LogP contribution in [0.15, 0.2) is 24.3 Å². The first kappa shape index (κ1) is 11.0. The number of hydrogen-bond acceptors (Lipinski definition) is 2. The van der Waals surface area contributed by atoms with Crippen molar-refractivity contribution in [3.8, 4) is 0 Å². The lowest BCUT2D eigenvalue weighted by atomic mass is 9.92. The normalized spacial score (nSPS) is 20.7. The molecule has 1 unspecified atom stereocenters. The molecule has 1 aromatic carbocycles. The molecule has 1 aliphatic heterocycles. The molecule has 15 heavy (non-hydrogen) atoms. The van der Waals surface area contributed by atoms with E-state index in [-0.39, 0.29) is 0 Å². The Bertz CT molecular complexity index is 305. The average molecular weight is 221 g/mol. The van der Waals surface area contributed by atoms with Gasteiger partial charge in [-0.25, -0.2) is 0 Å².